The molecule has 0 saturated heterocycles. The van der Waals surface area contributed by atoms with E-state index in [0.29, 0.717) is 18.4 Å². The molecule has 22 heavy (non-hydrogen) atoms. The van der Waals surface area contributed by atoms with Crippen LogP contribution in [-0.4, -0.2) is 34.3 Å². The maximum absolute atomic E-state index is 11.7. The van der Waals surface area contributed by atoms with Crippen LogP contribution in [0.15, 0.2) is 12.4 Å². The van der Waals surface area contributed by atoms with Crippen molar-refractivity contribution < 1.29 is 9.53 Å². The lowest BCUT2D eigenvalue weighted by molar-refractivity contribution is 0.0515. The molecular formula is C16H30N4O2. The molecule has 126 valence electrons. The fourth-order valence-electron chi connectivity index (χ4n) is 2.01. The second kappa shape index (κ2) is 8.17. The summed E-state index contributed by atoms with van der Waals surface area (Å²) in [5.74, 6) is 1.80. The van der Waals surface area contributed by atoms with Gasteiger partial charge in [-0.05, 0) is 32.6 Å². The normalized spacial score (nSPS) is 13.2. The molecule has 0 radical (unpaired) electrons. The number of amides is 1. The third-order valence-corrected chi connectivity index (χ3v) is 3.46. The van der Waals surface area contributed by atoms with Crippen molar-refractivity contribution >= 4 is 6.09 Å². The summed E-state index contributed by atoms with van der Waals surface area (Å²) in [7, 11) is 1.98. The third kappa shape index (κ3) is 6.93. The van der Waals surface area contributed by atoms with Crippen molar-refractivity contribution in [2.24, 2.45) is 18.9 Å². The van der Waals surface area contributed by atoms with E-state index in [-0.39, 0.29) is 6.09 Å². The average molecular weight is 310 g/mol. The third-order valence-electron chi connectivity index (χ3n) is 3.46. The predicted molar refractivity (Wildman–Crippen MR) is 87.5 cm³/mol. The van der Waals surface area contributed by atoms with Crippen molar-refractivity contribution in [3.63, 3.8) is 0 Å². The van der Waals surface area contributed by atoms with Crippen molar-refractivity contribution in [1.82, 2.24) is 20.2 Å². The van der Waals surface area contributed by atoms with Crippen molar-refractivity contribution in [2.45, 2.75) is 46.8 Å². The molecule has 6 nitrogen and oxygen atoms in total. The van der Waals surface area contributed by atoms with Crippen LogP contribution in [0.4, 0.5) is 4.79 Å². The Morgan fingerprint density at radius 3 is 2.55 bits per heavy atom. The first kappa shape index (κ1) is 18.5. The summed E-state index contributed by atoms with van der Waals surface area (Å²) in [6.45, 7) is 12.0. The van der Waals surface area contributed by atoms with Gasteiger partial charge in [-0.15, -0.1) is 0 Å². The summed E-state index contributed by atoms with van der Waals surface area (Å²) in [5, 5.41) is 6.26. The van der Waals surface area contributed by atoms with Gasteiger partial charge in [-0.25, -0.2) is 9.78 Å². The number of ether oxygens (including phenoxy) is 1. The second-order valence-electron chi connectivity index (χ2n) is 6.97. The van der Waals surface area contributed by atoms with Crippen molar-refractivity contribution in [3.05, 3.63) is 18.2 Å². The number of aromatic nitrogens is 2. The van der Waals surface area contributed by atoms with E-state index >= 15 is 0 Å². The predicted octanol–water partition coefficient (Wildman–Crippen LogP) is 2.31. The zero-order valence-electron chi connectivity index (χ0n) is 14.6. The van der Waals surface area contributed by atoms with Crippen molar-refractivity contribution in [1.29, 1.82) is 0 Å². The molecule has 1 amide bonds. The minimum atomic E-state index is -0.464. The van der Waals surface area contributed by atoms with E-state index in [1.165, 1.54) is 0 Å². The fraction of sp³-hybridized carbons (Fsp3) is 0.750. The summed E-state index contributed by atoms with van der Waals surface area (Å²) in [5.41, 5.74) is -0.464. The number of carbonyl (C=O) groups excluding carboxylic acids is 1. The molecule has 0 aliphatic rings. The van der Waals surface area contributed by atoms with Gasteiger partial charge in [0, 0.05) is 32.5 Å². The highest BCUT2D eigenvalue weighted by molar-refractivity contribution is 5.67. The number of nitrogens with one attached hydrogen (secondary N) is 2. The summed E-state index contributed by atoms with van der Waals surface area (Å²) >= 11 is 0. The molecule has 1 atom stereocenters. The molecule has 1 aromatic heterocycles. The largest absolute Gasteiger partial charge is 0.444 e. The van der Waals surface area contributed by atoms with Crippen LogP contribution in [0.1, 0.15) is 40.4 Å². The van der Waals surface area contributed by atoms with E-state index in [1.54, 1.807) is 6.20 Å². The SMILES string of the molecule is CC(C)C(CNCc1nccn1C)CNC(=O)OC(C)(C)C. The zero-order valence-corrected chi connectivity index (χ0v) is 14.6. The van der Waals surface area contributed by atoms with Crippen molar-refractivity contribution in [3.8, 4) is 0 Å². The smallest absolute Gasteiger partial charge is 0.407 e. The van der Waals surface area contributed by atoms with Crippen LogP contribution < -0.4 is 10.6 Å². The van der Waals surface area contributed by atoms with E-state index in [1.807, 2.05) is 38.6 Å². The van der Waals surface area contributed by atoms with Gasteiger partial charge >= 0.3 is 6.09 Å². The molecule has 2 N–H and O–H groups in total. The Hall–Kier alpha value is -1.56. The second-order valence-corrected chi connectivity index (χ2v) is 6.97. The van der Waals surface area contributed by atoms with Crippen LogP contribution >= 0.6 is 0 Å². The Morgan fingerprint density at radius 2 is 2.05 bits per heavy atom. The number of carbonyl (C=O) groups is 1. The van der Waals surface area contributed by atoms with E-state index in [4.69, 9.17) is 4.74 Å². The van der Waals surface area contributed by atoms with E-state index < -0.39 is 5.60 Å². The van der Waals surface area contributed by atoms with Gasteiger partial charge in [0.05, 0.1) is 6.54 Å². The van der Waals surface area contributed by atoms with E-state index in [2.05, 4.69) is 29.5 Å². The van der Waals surface area contributed by atoms with Gasteiger partial charge in [0.1, 0.15) is 11.4 Å². The molecule has 1 unspecified atom stereocenters. The molecule has 1 rings (SSSR count). The lowest BCUT2D eigenvalue weighted by atomic mass is 9.96. The fourth-order valence-corrected chi connectivity index (χ4v) is 2.01. The molecule has 0 bridgehead atoms. The van der Waals surface area contributed by atoms with Gasteiger partial charge in [-0.3, -0.25) is 0 Å². The molecule has 0 fully saturated rings. The molecule has 0 aliphatic heterocycles. The first-order valence-corrected chi connectivity index (χ1v) is 7.83. The number of rotatable bonds is 7. The van der Waals surface area contributed by atoms with Crippen LogP contribution in [0.3, 0.4) is 0 Å². The highest BCUT2D eigenvalue weighted by Gasteiger charge is 2.19. The maximum atomic E-state index is 11.7. The summed E-state index contributed by atoms with van der Waals surface area (Å²) < 4.78 is 7.26. The molecule has 0 aromatic carbocycles. The highest BCUT2D eigenvalue weighted by Crippen LogP contribution is 2.10. The molecule has 0 spiro atoms. The van der Waals surface area contributed by atoms with Crippen LogP contribution in [0.25, 0.3) is 0 Å². The first-order chi connectivity index (χ1) is 10.2. The summed E-state index contributed by atoms with van der Waals surface area (Å²) in [6, 6.07) is 0. The first-order valence-electron chi connectivity index (χ1n) is 7.83. The molecule has 1 aromatic rings. The van der Waals surface area contributed by atoms with Gasteiger partial charge in [-0.2, -0.15) is 0 Å². The molecule has 1 heterocycles. The van der Waals surface area contributed by atoms with Crippen LogP contribution in [0.5, 0.6) is 0 Å². The lowest BCUT2D eigenvalue weighted by Gasteiger charge is -2.24. The molecule has 6 heteroatoms. The Labute approximate surface area is 133 Å². The standard InChI is InChI=1S/C16H30N4O2/c1-12(2)13(10-19-15(21)22-16(3,4)5)9-17-11-14-18-7-8-20(14)6/h7-8,12-13,17H,9-11H2,1-6H3,(H,19,21). The molecular weight excluding hydrogens is 280 g/mol. The van der Waals surface area contributed by atoms with E-state index in [0.717, 1.165) is 18.9 Å². The number of hydrogen-bond donors (Lipinski definition) is 2. The van der Waals surface area contributed by atoms with Gasteiger partial charge < -0.3 is 19.9 Å². The number of nitrogens with zero attached hydrogens (tertiary/aromatic N) is 2. The van der Waals surface area contributed by atoms with Crippen LogP contribution in [0, 0.1) is 11.8 Å². The van der Waals surface area contributed by atoms with Gasteiger partial charge in [0.15, 0.2) is 0 Å². The Balaban J connectivity index is 2.36. The Morgan fingerprint density at radius 1 is 1.36 bits per heavy atom. The van der Waals surface area contributed by atoms with Crippen LogP contribution in [0.2, 0.25) is 0 Å². The Kier molecular flexibility index (Phi) is 6.87. The minimum Gasteiger partial charge on any atom is -0.444 e. The number of hydrogen-bond acceptors (Lipinski definition) is 4. The lowest BCUT2D eigenvalue weighted by Crippen LogP contribution is -2.39. The van der Waals surface area contributed by atoms with Crippen molar-refractivity contribution in [2.75, 3.05) is 13.1 Å². The minimum absolute atomic E-state index is 0.341. The number of aryl methyl sites for hydroxylation is 1. The molecule has 0 saturated carbocycles. The summed E-state index contributed by atoms with van der Waals surface area (Å²) in [4.78, 5) is 16.0. The average Bonchev–Trinajstić information content (AvgIpc) is 2.76. The quantitative estimate of drug-likeness (QED) is 0.811. The zero-order chi connectivity index (χ0) is 16.8. The van der Waals surface area contributed by atoms with Crippen LogP contribution in [-0.2, 0) is 18.3 Å². The summed E-state index contributed by atoms with van der Waals surface area (Å²) in [6.07, 6.45) is 3.37. The van der Waals surface area contributed by atoms with E-state index in [9.17, 15) is 4.79 Å². The monoisotopic (exact) mass is 310 g/mol. The topological polar surface area (TPSA) is 68.2 Å². The van der Waals surface area contributed by atoms with Gasteiger partial charge in [-0.1, -0.05) is 13.8 Å². The highest BCUT2D eigenvalue weighted by atomic mass is 16.6. The number of alkyl carbamates (subject to hydrolysis) is 1. The van der Waals surface area contributed by atoms with Gasteiger partial charge in [0.2, 0.25) is 0 Å². The number of imidazole rings is 1. The maximum Gasteiger partial charge on any atom is 0.407 e. The van der Waals surface area contributed by atoms with Gasteiger partial charge in [0.25, 0.3) is 0 Å². The molecule has 0 aliphatic carbocycles. The Bertz CT molecular complexity index is 463.